The summed E-state index contributed by atoms with van der Waals surface area (Å²) < 4.78 is 32.5. The Morgan fingerprint density at radius 3 is 2.33 bits per heavy atom. The van der Waals surface area contributed by atoms with Crippen molar-refractivity contribution in [2.75, 3.05) is 19.7 Å². The molecule has 0 saturated carbocycles. The maximum atomic E-state index is 12.7. The van der Waals surface area contributed by atoms with E-state index < -0.39 is 10.0 Å². The average Bonchev–Trinajstić information content (AvgIpc) is 2.78. The molecular formula is C23H30N2O4S. The predicted molar refractivity (Wildman–Crippen MR) is 116 cm³/mol. The Morgan fingerprint density at radius 2 is 1.67 bits per heavy atom. The van der Waals surface area contributed by atoms with E-state index in [1.807, 2.05) is 31.2 Å². The minimum atomic E-state index is -3.45. The van der Waals surface area contributed by atoms with Gasteiger partial charge >= 0.3 is 0 Å². The van der Waals surface area contributed by atoms with Crippen molar-refractivity contribution in [3.8, 4) is 0 Å². The molecule has 1 saturated heterocycles. The molecule has 2 aromatic carbocycles. The molecule has 162 valence electrons. The van der Waals surface area contributed by atoms with Gasteiger partial charge in [0.1, 0.15) is 0 Å². The van der Waals surface area contributed by atoms with Gasteiger partial charge in [-0.3, -0.25) is 4.79 Å². The van der Waals surface area contributed by atoms with Crippen LogP contribution in [0.4, 0.5) is 0 Å². The van der Waals surface area contributed by atoms with Crippen molar-refractivity contribution in [3.05, 3.63) is 65.2 Å². The first-order chi connectivity index (χ1) is 14.5. The molecule has 0 atom stereocenters. The van der Waals surface area contributed by atoms with E-state index in [4.69, 9.17) is 4.74 Å². The average molecular weight is 431 g/mol. The third-order valence-corrected chi connectivity index (χ3v) is 7.21. The Morgan fingerprint density at radius 1 is 1.00 bits per heavy atom. The maximum Gasteiger partial charge on any atom is 0.243 e. The fourth-order valence-electron chi connectivity index (χ4n) is 3.56. The van der Waals surface area contributed by atoms with Gasteiger partial charge in [-0.2, -0.15) is 4.31 Å². The van der Waals surface area contributed by atoms with Gasteiger partial charge in [0.25, 0.3) is 0 Å². The van der Waals surface area contributed by atoms with Crippen molar-refractivity contribution >= 4 is 15.9 Å². The summed E-state index contributed by atoms with van der Waals surface area (Å²) in [5.74, 6) is -0.104. The van der Waals surface area contributed by atoms with Crippen LogP contribution in [0.2, 0.25) is 0 Å². The highest BCUT2D eigenvalue weighted by atomic mass is 32.2. The van der Waals surface area contributed by atoms with Gasteiger partial charge in [0.15, 0.2) is 0 Å². The van der Waals surface area contributed by atoms with Crippen LogP contribution in [-0.2, 0) is 39.1 Å². The highest BCUT2D eigenvalue weighted by molar-refractivity contribution is 7.89. The number of amides is 1. The molecule has 3 rings (SSSR count). The Kier molecular flexibility index (Phi) is 8.01. The zero-order chi connectivity index (χ0) is 21.4. The van der Waals surface area contributed by atoms with E-state index >= 15 is 0 Å². The third-order valence-electron chi connectivity index (χ3n) is 5.30. The van der Waals surface area contributed by atoms with E-state index in [2.05, 4.69) is 5.32 Å². The normalized spacial score (nSPS) is 15.1. The molecule has 0 spiro atoms. The van der Waals surface area contributed by atoms with Gasteiger partial charge in [0.2, 0.25) is 15.9 Å². The van der Waals surface area contributed by atoms with Crippen LogP contribution in [0, 0.1) is 0 Å². The molecule has 0 unspecified atom stereocenters. The number of rotatable bonds is 9. The van der Waals surface area contributed by atoms with Crippen LogP contribution in [0.5, 0.6) is 0 Å². The minimum absolute atomic E-state index is 0.104. The van der Waals surface area contributed by atoms with Gasteiger partial charge in [-0.15, -0.1) is 0 Å². The number of nitrogens with one attached hydrogen (secondary N) is 1. The summed E-state index contributed by atoms with van der Waals surface area (Å²) in [5, 5.41) is 2.94. The molecule has 30 heavy (non-hydrogen) atoms. The monoisotopic (exact) mass is 430 g/mol. The van der Waals surface area contributed by atoms with Gasteiger partial charge < -0.3 is 10.1 Å². The second-order valence-corrected chi connectivity index (χ2v) is 9.41. The summed E-state index contributed by atoms with van der Waals surface area (Å²) in [5.41, 5.74) is 2.88. The number of hydrogen-bond acceptors (Lipinski definition) is 4. The van der Waals surface area contributed by atoms with Crippen molar-refractivity contribution in [1.82, 2.24) is 9.62 Å². The van der Waals surface area contributed by atoms with Crippen molar-refractivity contribution in [2.45, 2.75) is 50.7 Å². The lowest BCUT2D eigenvalue weighted by atomic mass is 10.1. The summed E-state index contributed by atoms with van der Waals surface area (Å²) in [6.07, 6.45) is 3.10. The zero-order valence-corrected chi connectivity index (χ0v) is 18.3. The molecule has 6 nitrogen and oxygen atoms in total. The summed E-state index contributed by atoms with van der Waals surface area (Å²) in [7, 11) is -3.45. The van der Waals surface area contributed by atoms with Crippen LogP contribution in [0.1, 0.15) is 42.9 Å². The van der Waals surface area contributed by atoms with E-state index in [1.165, 1.54) is 0 Å². The van der Waals surface area contributed by atoms with Gasteiger partial charge in [0.05, 0.1) is 17.9 Å². The second kappa shape index (κ2) is 10.7. The van der Waals surface area contributed by atoms with Gasteiger partial charge in [-0.05, 0) is 48.6 Å². The molecule has 1 aliphatic rings. The van der Waals surface area contributed by atoms with E-state index in [0.29, 0.717) is 37.7 Å². The van der Waals surface area contributed by atoms with Crippen LogP contribution in [-0.4, -0.2) is 38.3 Å². The number of sulfonamides is 1. The van der Waals surface area contributed by atoms with Crippen LogP contribution in [0.25, 0.3) is 0 Å². The molecule has 0 aliphatic carbocycles. The number of hydrogen-bond donors (Lipinski definition) is 1. The van der Waals surface area contributed by atoms with Crippen molar-refractivity contribution in [2.24, 2.45) is 0 Å². The molecule has 1 aliphatic heterocycles. The number of piperidine rings is 1. The first kappa shape index (κ1) is 22.5. The number of benzene rings is 2. The Hall–Kier alpha value is -2.22. The SMILES string of the molecule is CCOCc1ccccc1CNC(=O)Cc1ccc(S(=O)(=O)N2CCCCC2)cc1. The highest BCUT2D eigenvalue weighted by Crippen LogP contribution is 2.21. The van der Waals surface area contributed by atoms with E-state index in [1.54, 1.807) is 28.6 Å². The molecule has 1 amide bonds. The lowest BCUT2D eigenvalue weighted by molar-refractivity contribution is -0.120. The molecule has 0 aromatic heterocycles. The number of carbonyl (C=O) groups excluding carboxylic acids is 1. The largest absolute Gasteiger partial charge is 0.377 e. The smallest absolute Gasteiger partial charge is 0.243 e. The Balaban J connectivity index is 1.56. The van der Waals surface area contributed by atoms with E-state index in [-0.39, 0.29) is 12.3 Å². The summed E-state index contributed by atoms with van der Waals surface area (Å²) in [4.78, 5) is 12.7. The first-order valence-electron chi connectivity index (χ1n) is 10.5. The van der Waals surface area contributed by atoms with Crippen LogP contribution in [0.3, 0.4) is 0 Å². The molecular weight excluding hydrogens is 400 g/mol. The minimum Gasteiger partial charge on any atom is -0.377 e. The Labute approximate surface area is 179 Å². The van der Waals surface area contributed by atoms with Crippen molar-refractivity contribution in [3.63, 3.8) is 0 Å². The van der Waals surface area contributed by atoms with E-state index in [0.717, 1.165) is 36.0 Å². The number of nitrogens with zero attached hydrogens (tertiary/aromatic N) is 1. The van der Waals surface area contributed by atoms with Crippen LogP contribution >= 0.6 is 0 Å². The fourth-order valence-corrected chi connectivity index (χ4v) is 5.08. The van der Waals surface area contributed by atoms with Crippen LogP contribution in [0.15, 0.2) is 53.4 Å². The van der Waals surface area contributed by atoms with Gasteiger partial charge in [0, 0.05) is 26.2 Å². The molecule has 2 aromatic rings. The lowest BCUT2D eigenvalue weighted by Gasteiger charge is -2.25. The highest BCUT2D eigenvalue weighted by Gasteiger charge is 2.25. The summed E-state index contributed by atoms with van der Waals surface area (Å²) in [6.45, 7) is 4.71. The first-order valence-corrected chi connectivity index (χ1v) is 11.9. The molecule has 0 bridgehead atoms. The van der Waals surface area contributed by atoms with E-state index in [9.17, 15) is 13.2 Å². The van der Waals surface area contributed by atoms with Crippen LogP contribution < -0.4 is 5.32 Å². The molecule has 1 heterocycles. The van der Waals surface area contributed by atoms with Gasteiger partial charge in [-0.1, -0.05) is 42.8 Å². The lowest BCUT2D eigenvalue weighted by Crippen LogP contribution is -2.35. The molecule has 0 radical (unpaired) electrons. The third kappa shape index (κ3) is 5.90. The summed E-state index contributed by atoms with van der Waals surface area (Å²) >= 11 is 0. The standard InChI is InChI=1S/C23H30N2O4S/c1-2-29-18-21-9-5-4-8-20(21)17-24-23(26)16-19-10-12-22(13-11-19)30(27,28)25-14-6-3-7-15-25/h4-5,8-13H,2-3,6-7,14-18H2,1H3,(H,24,26). The molecule has 7 heteroatoms. The predicted octanol–water partition coefficient (Wildman–Crippen LogP) is 3.26. The zero-order valence-electron chi connectivity index (χ0n) is 17.5. The molecule has 1 fully saturated rings. The quantitative estimate of drug-likeness (QED) is 0.663. The summed E-state index contributed by atoms with van der Waals surface area (Å²) in [6, 6.07) is 14.5. The van der Waals surface area contributed by atoms with Crippen molar-refractivity contribution in [1.29, 1.82) is 0 Å². The van der Waals surface area contributed by atoms with Crippen molar-refractivity contribution < 1.29 is 17.9 Å². The maximum absolute atomic E-state index is 12.7. The fraction of sp³-hybridized carbons (Fsp3) is 0.435. The Bertz CT molecular complexity index is 936. The number of carbonyl (C=O) groups is 1. The number of ether oxygens (including phenoxy) is 1. The topological polar surface area (TPSA) is 75.7 Å². The second-order valence-electron chi connectivity index (χ2n) is 7.47. The molecule has 1 N–H and O–H groups in total. The van der Waals surface area contributed by atoms with Gasteiger partial charge in [-0.25, -0.2) is 8.42 Å².